The van der Waals surface area contributed by atoms with E-state index in [0.29, 0.717) is 46.7 Å². The minimum absolute atomic E-state index is 0.00452. The number of carbonyl (C=O) groups is 2. The summed E-state index contributed by atoms with van der Waals surface area (Å²) in [4.78, 5) is 36.7. The Kier molecular flexibility index (Phi) is 7.07. The van der Waals surface area contributed by atoms with Crippen LogP contribution in [0.25, 0.3) is 0 Å². The number of nitro benzene ring substituents is 1. The zero-order chi connectivity index (χ0) is 26.9. The number of ketones is 1. The van der Waals surface area contributed by atoms with Crippen LogP contribution < -0.4 is 14.8 Å². The molecule has 1 aliphatic carbocycles. The van der Waals surface area contributed by atoms with Gasteiger partial charge in [0.15, 0.2) is 17.3 Å². The summed E-state index contributed by atoms with van der Waals surface area (Å²) in [6, 6.07) is 11.4. The van der Waals surface area contributed by atoms with E-state index in [9.17, 15) is 19.7 Å². The molecule has 37 heavy (non-hydrogen) atoms. The summed E-state index contributed by atoms with van der Waals surface area (Å²) in [6.45, 7) is 6.10. The number of methoxy groups -OCH3 is 2. The minimum atomic E-state index is -0.607. The van der Waals surface area contributed by atoms with E-state index >= 15 is 0 Å². The Morgan fingerprint density at radius 1 is 1.11 bits per heavy atom. The highest BCUT2D eigenvalue weighted by Crippen LogP contribution is 2.47. The third-order valence-corrected chi connectivity index (χ3v) is 6.71. The lowest BCUT2D eigenvalue weighted by Crippen LogP contribution is -2.38. The van der Waals surface area contributed by atoms with E-state index in [1.165, 1.54) is 26.4 Å². The normalized spacial score (nSPS) is 18.6. The zero-order valence-corrected chi connectivity index (χ0v) is 21.5. The monoisotopic (exact) mass is 506 g/mol. The Hall–Kier alpha value is -4.14. The van der Waals surface area contributed by atoms with Gasteiger partial charge < -0.3 is 19.5 Å². The molecule has 1 N–H and O–H groups in total. The number of dihydropyridines is 1. The maximum atomic E-state index is 13.4. The minimum Gasteiger partial charge on any atom is -0.493 e. The first kappa shape index (κ1) is 25.9. The fourth-order valence-electron chi connectivity index (χ4n) is 5.01. The molecular formula is C28H30N2O7. The van der Waals surface area contributed by atoms with Crippen LogP contribution in [0.5, 0.6) is 11.5 Å². The summed E-state index contributed by atoms with van der Waals surface area (Å²) in [5.74, 6) is -0.216. The van der Waals surface area contributed by atoms with Gasteiger partial charge in [-0.25, -0.2) is 4.79 Å². The third-order valence-electron chi connectivity index (χ3n) is 6.71. The average Bonchev–Trinajstić information content (AvgIpc) is 2.85. The van der Waals surface area contributed by atoms with Gasteiger partial charge in [0.1, 0.15) is 6.61 Å². The summed E-state index contributed by atoms with van der Waals surface area (Å²) in [7, 11) is 2.84. The van der Waals surface area contributed by atoms with Crippen molar-refractivity contribution < 1.29 is 28.7 Å². The average molecular weight is 507 g/mol. The molecule has 0 fully saturated rings. The number of rotatable bonds is 7. The van der Waals surface area contributed by atoms with Crippen LogP contribution in [0.4, 0.5) is 5.69 Å². The Bertz CT molecular complexity index is 1320. The number of hydrogen-bond donors (Lipinski definition) is 1. The maximum Gasteiger partial charge on any atom is 0.336 e. The molecule has 0 amide bonds. The van der Waals surface area contributed by atoms with Gasteiger partial charge in [-0.2, -0.15) is 0 Å². The first-order valence-corrected chi connectivity index (χ1v) is 11.9. The number of nitrogens with one attached hydrogen (secondary N) is 1. The van der Waals surface area contributed by atoms with Crippen molar-refractivity contribution in [1.29, 1.82) is 0 Å². The van der Waals surface area contributed by atoms with Crippen molar-refractivity contribution in [3.63, 3.8) is 0 Å². The van der Waals surface area contributed by atoms with Gasteiger partial charge in [0.05, 0.1) is 24.7 Å². The van der Waals surface area contributed by atoms with Crippen LogP contribution >= 0.6 is 0 Å². The Morgan fingerprint density at radius 2 is 1.81 bits per heavy atom. The molecule has 9 heteroatoms. The van der Waals surface area contributed by atoms with Crippen molar-refractivity contribution >= 4 is 17.4 Å². The van der Waals surface area contributed by atoms with Crippen LogP contribution in [0.2, 0.25) is 0 Å². The Balaban J connectivity index is 1.69. The van der Waals surface area contributed by atoms with E-state index < -0.39 is 16.8 Å². The highest BCUT2D eigenvalue weighted by Gasteiger charge is 2.43. The van der Waals surface area contributed by atoms with E-state index in [1.807, 2.05) is 13.0 Å². The summed E-state index contributed by atoms with van der Waals surface area (Å²) >= 11 is 0. The largest absolute Gasteiger partial charge is 0.493 e. The maximum absolute atomic E-state index is 13.4. The molecule has 0 aromatic heterocycles. The van der Waals surface area contributed by atoms with E-state index in [2.05, 4.69) is 19.2 Å². The molecule has 194 valence electrons. The predicted molar refractivity (Wildman–Crippen MR) is 136 cm³/mol. The lowest BCUT2D eigenvalue weighted by Gasteiger charge is -2.39. The summed E-state index contributed by atoms with van der Waals surface area (Å²) in [6.07, 6.45) is 1.06. The van der Waals surface area contributed by atoms with Gasteiger partial charge in [0.25, 0.3) is 5.69 Å². The van der Waals surface area contributed by atoms with Crippen LogP contribution in [-0.2, 0) is 20.9 Å². The molecule has 2 aromatic rings. The second-order valence-corrected chi connectivity index (χ2v) is 10.0. The number of nitrogens with zero attached hydrogens (tertiary/aromatic N) is 1. The van der Waals surface area contributed by atoms with Crippen LogP contribution in [0.1, 0.15) is 50.7 Å². The molecule has 0 unspecified atom stereocenters. The van der Waals surface area contributed by atoms with E-state index in [4.69, 9.17) is 14.2 Å². The SMILES string of the molecule is COC(=O)C1=C(C)NC2=C(C(=O)CC(C)(C)C2)[C@H]1c1ccc(OCc2ccc([N+](=O)[O-])cc2)c(OC)c1. The highest BCUT2D eigenvalue weighted by molar-refractivity contribution is 6.04. The third kappa shape index (κ3) is 5.21. The number of non-ortho nitro benzene ring substituents is 1. The molecule has 0 bridgehead atoms. The number of allylic oxidation sites excluding steroid dienone is 3. The second-order valence-electron chi connectivity index (χ2n) is 10.0. The van der Waals surface area contributed by atoms with Crippen molar-refractivity contribution in [1.82, 2.24) is 5.32 Å². The van der Waals surface area contributed by atoms with Crippen LogP contribution in [0.3, 0.4) is 0 Å². The molecule has 1 atom stereocenters. The number of ether oxygens (including phenoxy) is 3. The smallest absolute Gasteiger partial charge is 0.336 e. The number of hydrogen-bond acceptors (Lipinski definition) is 8. The Morgan fingerprint density at radius 3 is 2.43 bits per heavy atom. The van der Waals surface area contributed by atoms with Crippen molar-refractivity contribution in [2.24, 2.45) is 5.41 Å². The van der Waals surface area contributed by atoms with Crippen molar-refractivity contribution in [3.8, 4) is 11.5 Å². The molecule has 0 radical (unpaired) electrons. The highest BCUT2D eigenvalue weighted by atomic mass is 16.6. The van der Waals surface area contributed by atoms with Gasteiger partial charge in [0, 0.05) is 41.4 Å². The van der Waals surface area contributed by atoms with Gasteiger partial charge >= 0.3 is 5.97 Å². The first-order valence-electron chi connectivity index (χ1n) is 11.9. The van der Waals surface area contributed by atoms with Gasteiger partial charge in [-0.15, -0.1) is 0 Å². The molecule has 2 aromatic carbocycles. The topological polar surface area (TPSA) is 117 Å². The van der Waals surface area contributed by atoms with E-state index in [1.54, 1.807) is 24.3 Å². The Labute approximate surface area is 215 Å². The summed E-state index contributed by atoms with van der Waals surface area (Å²) in [5.41, 5.74) is 3.72. The van der Waals surface area contributed by atoms with Gasteiger partial charge in [0.2, 0.25) is 0 Å². The van der Waals surface area contributed by atoms with Crippen molar-refractivity contribution in [2.75, 3.05) is 14.2 Å². The number of carbonyl (C=O) groups excluding carboxylic acids is 2. The lowest BCUT2D eigenvalue weighted by atomic mass is 9.68. The molecule has 0 spiro atoms. The fraction of sp³-hybridized carbons (Fsp3) is 0.357. The zero-order valence-electron chi connectivity index (χ0n) is 21.5. The molecule has 0 saturated heterocycles. The van der Waals surface area contributed by atoms with Gasteiger partial charge in [-0.3, -0.25) is 14.9 Å². The summed E-state index contributed by atoms with van der Waals surface area (Å²) < 4.78 is 16.6. The van der Waals surface area contributed by atoms with Crippen molar-refractivity contribution in [2.45, 2.75) is 46.1 Å². The number of nitro groups is 1. The van der Waals surface area contributed by atoms with Crippen LogP contribution in [-0.4, -0.2) is 30.9 Å². The number of esters is 1. The quantitative estimate of drug-likeness (QED) is 0.318. The van der Waals surface area contributed by atoms with Crippen LogP contribution in [0, 0.1) is 15.5 Å². The van der Waals surface area contributed by atoms with Crippen molar-refractivity contribution in [3.05, 3.63) is 86.2 Å². The van der Waals surface area contributed by atoms with Crippen LogP contribution in [0.15, 0.2) is 65.0 Å². The fourth-order valence-corrected chi connectivity index (χ4v) is 5.01. The second kappa shape index (κ2) is 10.1. The molecule has 1 heterocycles. The summed E-state index contributed by atoms with van der Waals surface area (Å²) in [5, 5.41) is 14.2. The van der Waals surface area contributed by atoms with Gasteiger partial charge in [-0.05, 0) is 54.2 Å². The molecule has 4 rings (SSSR count). The lowest BCUT2D eigenvalue weighted by molar-refractivity contribution is -0.384. The molecular weight excluding hydrogens is 476 g/mol. The molecule has 1 aliphatic heterocycles. The van der Waals surface area contributed by atoms with E-state index in [-0.39, 0.29) is 23.5 Å². The standard InChI is InChI=1S/C28H30N2O7/c1-16-24(27(32)36-5)25(26-20(29-16)13-28(2,3)14-21(26)31)18-8-11-22(23(12-18)35-4)37-15-17-6-9-19(10-7-17)30(33)34/h6-12,25,29H,13-15H2,1-5H3/t25-/m0/s1. The number of Topliss-reactive ketones (excluding diaryl/α,β-unsaturated/α-hetero) is 1. The van der Waals surface area contributed by atoms with Gasteiger partial charge in [-0.1, -0.05) is 19.9 Å². The molecule has 9 nitrogen and oxygen atoms in total. The molecule has 0 saturated carbocycles. The number of benzene rings is 2. The van der Waals surface area contributed by atoms with E-state index in [0.717, 1.165) is 11.3 Å². The molecule has 2 aliphatic rings. The predicted octanol–water partition coefficient (Wildman–Crippen LogP) is 4.96. The first-order chi connectivity index (χ1) is 17.5.